The first-order valence-corrected chi connectivity index (χ1v) is 10.7. The number of rotatable bonds is 11. The Morgan fingerprint density at radius 1 is 1.20 bits per heavy atom. The van der Waals surface area contributed by atoms with Gasteiger partial charge in [-0.1, -0.05) is 76.5 Å². The Labute approximate surface area is 182 Å². The Morgan fingerprint density at radius 3 is 2.57 bits per heavy atom. The quantitative estimate of drug-likeness (QED) is 0.249. The molecular weight excluding hydrogens is 374 g/mol. The number of Topliss-reactive ketones (excluding diaryl/α,β-unsaturated/α-hetero) is 1. The minimum Gasteiger partial charge on any atom is -0.492 e. The molecule has 1 amide bonds. The topological polar surface area (TPSA) is 46.6 Å². The van der Waals surface area contributed by atoms with E-state index in [1.165, 1.54) is 0 Å². The standard InChI is InChI=1S/C26H37NO3/c1-7-10-15-22(16-11-8-2)17-14-20-30-21(4)23-18-12-13-19-27(23)25(29)24(28)26(5,6)9-3/h7-8,10-11,14-17,23H,1,4,9,12-13,18-20H2,2-3,5-6H3/b11-8-,15-10-,17-14+,22-16+/t23-/m0/s1. The van der Waals surface area contributed by atoms with Crippen LogP contribution in [-0.4, -0.2) is 35.8 Å². The highest BCUT2D eigenvalue weighted by Crippen LogP contribution is 2.27. The average molecular weight is 412 g/mol. The van der Waals surface area contributed by atoms with Gasteiger partial charge in [-0.15, -0.1) is 0 Å². The third-order valence-electron chi connectivity index (χ3n) is 5.41. The summed E-state index contributed by atoms with van der Waals surface area (Å²) in [7, 11) is 0. The summed E-state index contributed by atoms with van der Waals surface area (Å²) in [6.45, 7) is 16.2. The Bertz CT molecular complexity index is 737. The molecule has 1 atom stereocenters. The van der Waals surface area contributed by atoms with E-state index < -0.39 is 11.3 Å². The Morgan fingerprint density at radius 2 is 1.93 bits per heavy atom. The Hall–Kier alpha value is -2.62. The van der Waals surface area contributed by atoms with Gasteiger partial charge in [-0.3, -0.25) is 9.59 Å². The van der Waals surface area contributed by atoms with Crippen LogP contribution in [0.1, 0.15) is 53.4 Å². The molecule has 1 saturated heterocycles. The SMILES string of the molecule is C=C\C=C/C(/C=C/COC(=C)[C@@H]1CCCCN1C(=O)C(=O)C(C)(C)CC)=C\C=C/C. The summed E-state index contributed by atoms with van der Waals surface area (Å²) in [5.74, 6) is -0.217. The largest absolute Gasteiger partial charge is 0.492 e. The van der Waals surface area contributed by atoms with E-state index in [2.05, 4.69) is 13.2 Å². The molecule has 0 bridgehead atoms. The first-order chi connectivity index (χ1) is 14.3. The van der Waals surface area contributed by atoms with Crippen molar-refractivity contribution in [2.75, 3.05) is 13.2 Å². The predicted molar refractivity (Wildman–Crippen MR) is 125 cm³/mol. The van der Waals surface area contributed by atoms with E-state index in [9.17, 15) is 9.59 Å². The van der Waals surface area contributed by atoms with Gasteiger partial charge in [0, 0.05) is 12.0 Å². The lowest BCUT2D eigenvalue weighted by Crippen LogP contribution is -2.50. The molecule has 0 aliphatic carbocycles. The van der Waals surface area contributed by atoms with Crippen LogP contribution in [0.5, 0.6) is 0 Å². The molecule has 4 nitrogen and oxygen atoms in total. The van der Waals surface area contributed by atoms with E-state index in [4.69, 9.17) is 4.74 Å². The highest BCUT2D eigenvalue weighted by Gasteiger charge is 2.38. The monoisotopic (exact) mass is 411 g/mol. The number of nitrogens with zero attached hydrogens (tertiary/aromatic N) is 1. The first kappa shape index (κ1) is 25.4. The molecular formula is C26H37NO3. The molecule has 0 N–H and O–H groups in total. The van der Waals surface area contributed by atoms with E-state index in [1.807, 2.05) is 70.2 Å². The van der Waals surface area contributed by atoms with E-state index in [0.29, 0.717) is 25.3 Å². The van der Waals surface area contributed by atoms with Crippen molar-refractivity contribution >= 4 is 11.7 Å². The highest BCUT2D eigenvalue weighted by molar-refractivity contribution is 6.38. The van der Waals surface area contributed by atoms with Gasteiger partial charge in [0.2, 0.25) is 5.78 Å². The van der Waals surface area contributed by atoms with Crippen molar-refractivity contribution in [3.63, 3.8) is 0 Å². The molecule has 0 saturated carbocycles. The maximum atomic E-state index is 12.9. The fourth-order valence-electron chi connectivity index (χ4n) is 3.08. The predicted octanol–water partition coefficient (Wildman–Crippen LogP) is 5.70. The number of ketones is 1. The summed E-state index contributed by atoms with van der Waals surface area (Å²) in [6, 6.07) is -0.255. The number of hydrogen-bond acceptors (Lipinski definition) is 3. The second-order valence-electron chi connectivity index (χ2n) is 8.04. The van der Waals surface area contributed by atoms with Crippen LogP contribution in [0.4, 0.5) is 0 Å². The van der Waals surface area contributed by atoms with Crippen LogP contribution >= 0.6 is 0 Å². The Kier molecular flexibility index (Phi) is 10.9. The van der Waals surface area contributed by atoms with Gasteiger partial charge in [-0.2, -0.15) is 0 Å². The number of carbonyl (C=O) groups is 2. The zero-order chi connectivity index (χ0) is 22.6. The van der Waals surface area contributed by atoms with E-state index in [1.54, 1.807) is 11.0 Å². The van der Waals surface area contributed by atoms with Crippen LogP contribution in [0.3, 0.4) is 0 Å². The zero-order valence-electron chi connectivity index (χ0n) is 19.0. The van der Waals surface area contributed by atoms with E-state index in [-0.39, 0.29) is 11.8 Å². The van der Waals surface area contributed by atoms with E-state index in [0.717, 1.165) is 24.8 Å². The summed E-state index contributed by atoms with van der Waals surface area (Å²) in [6.07, 6.45) is 18.6. The number of carbonyl (C=O) groups excluding carboxylic acids is 2. The molecule has 164 valence electrons. The lowest BCUT2D eigenvalue weighted by molar-refractivity contribution is -0.151. The van der Waals surface area contributed by atoms with Crippen LogP contribution < -0.4 is 0 Å². The second kappa shape index (κ2) is 12.8. The molecule has 0 unspecified atom stereocenters. The molecule has 1 aliphatic heterocycles. The molecule has 0 radical (unpaired) electrons. The fraction of sp³-hybridized carbons (Fsp3) is 0.462. The van der Waals surface area contributed by atoms with Crippen molar-refractivity contribution in [1.29, 1.82) is 0 Å². The zero-order valence-corrected chi connectivity index (χ0v) is 19.0. The lowest BCUT2D eigenvalue weighted by Gasteiger charge is -2.37. The third kappa shape index (κ3) is 7.66. The van der Waals surface area contributed by atoms with Gasteiger partial charge in [0.25, 0.3) is 5.91 Å². The maximum absolute atomic E-state index is 12.9. The van der Waals surface area contributed by atoms with Gasteiger partial charge in [0.1, 0.15) is 12.4 Å². The van der Waals surface area contributed by atoms with Crippen molar-refractivity contribution in [2.24, 2.45) is 5.41 Å². The minimum absolute atomic E-state index is 0.255. The Balaban J connectivity index is 2.78. The van der Waals surface area contributed by atoms with Crippen molar-refractivity contribution < 1.29 is 14.3 Å². The number of hydrogen-bond donors (Lipinski definition) is 0. The molecule has 4 heteroatoms. The third-order valence-corrected chi connectivity index (χ3v) is 5.41. The van der Waals surface area contributed by atoms with Gasteiger partial charge >= 0.3 is 0 Å². The first-order valence-electron chi connectivity index (χ1n) is 10.7. The van der Waals surface area contributed by atoms with Gasteiger partial charge in [-0.05, 0) is 44.3 Å². The minimum atomic E-state index is -0.654. The average Bonchev–Trinajstić information content (AvgIpc) is 2.76. The summed E-state index contributed by atoms with van der Waals surface area (Å²) in [5.41, 5.74) is 0.364. The lowest BCUT2D eigenvalue weighted by atomic mass is 9.84. The van der Waals surface area contributed by atoms with Crippen LogP contribution in [-0.2, 0) is 14.3 Å². The summed E-state index contributed by atoms with van der Waals surface area (Å²) < 4.78 is 5.84. The van der Waals surface area contributed by atoms with E-state index >= 15 is 0 Å². The summed E-state index contributed by atoms with van der Waals surface area (Å²) in [4.78, 5) is 27.2. The van der Waals surface area contributed by atoms with Crippen LogP contribution in [0.2, 0.25) is 0 Å². The van der Waals surface area contributed by atoms with Gasteiger partial charge in [0.15, 0.2) is 0 Å². The molecule has 1 fully saturated rings. The number of amides is 1. The summed E-state index contributed by atoms with van der Waals surface area (Å²) in [5, 5.41) is 0. The molecule has 1 rings (SSSR count). The van der Waals surface area contributed by atoms with Crippen molar-refractivity contribution in [3.05, 3.63) is 73.1 Å². The number of likely N-dealkylation sites (tertiary alicyclic amines) is 1. The normalized spacial score (nSPS) is 18.3. The van der Waals surface area contributed by atoms with Gasteiger partial charge < -0.3 is 9.64 Å². The van der Waals surface area contributed by atoms with Crippen LogP contribution in [0.15, 0.2) is 73.1 Å². The van der Waals surface area contributed by atoms with Crippen LogP contribution in [0, 0.1) is 5.41 Å². The van der Waals surface area contributed by atoms with Gasteiger partial charge in [0.05, 0.1) is 6.04 Å². The van der Waals surface area contributed by atoms with Crippen LogP contribution in [0.25, 0.3) is 0 Å². The molecule has 0 aromatic rings. The van der Waals surface area contributed by atoms with Crippen molar-refractivity contribution in [3.8, 4) is 0 Å². The molecule has 1 aliphatic rings. The van der Waals surface area contributed by atoms with Gasteiger partial charge in [-0.25, -0.2) is 0 Å². The number of allylic oxidation sites excluding steroid dienone is 8. The van der Waals surface area contributed by atoms with Crippen molar-refractivity contribution in [1.82, 2.24) is 4.90 Å². The maximum Gasteiger partial charge on any atom is 0.291 e. The molecule has 30 heavy (non-hydrogen) atoms. The number of ether oxygens (including phenoxy) is 1. The highest BCUT2D eigenvalue weighted by atomic mass is 16.5. The molecule has 1 heterocycles. The molecule has 0 spiro atoms. The second-order valence-corrected chi connectivity index (χ2v) is 8.04. The molecule has 0 aromatic carbocycles. The fourth-order valence-corrected chi connectivity index (χ4v) is 3.08. The smallest absolute Gasteiger partial charge is 0.291 e. The van der Waals surface area contributed by atoms with Crippen molar-refractivity contribution in [2.45, 2.75) is 59.4 Å². The molecule has 0 aromatic heterocycles. The number of piperidine rings is 1. The summed E-state index contributed by atoms with van der Waals surface area (Å²) >= 11 is 0.